The summed E-state index contributed by atoms with van der Waals surface area (Å²) in [7, 11) is -2.36. The van der Waals surface area contributed by atoms with Crippen molar-refractivity contribution in [1.29, 1.82) is 5.26 Å². The van der Waals surface area contributed by atoms with E-state index in [2.05, 4.69) is 39.3 Å². The number of carbonyl (C=O) groups is 1. The lowest BCUT2D eigenvalue weighted by Crippen LogP contribution is -2.22. The summed E-state index contributed by atoms with van der Waals surface area (Å²) in [5, 5.41) is 18.1. The Morgan fingerprint density at radius 3 is 1.94 bits per heavy atom. The van der Waals surface area contributed by atoms with Crippen LogP contribution < -0.4 is 9.47 Å². The summed E-state index contributed by atoms with van der Waals surface area (Å²) in [5.74, 6) is -0.415. The normalized spacial score (nSPS) is 12.4. The summed E-state index contributed by atoms with van der Waals surface area (Å²) in [6.45, 7) is 15.1. The SMILES string of the molecule is C[Si](C)(C)CCOCOc1ccc(C=C(C#N)C(=O)O)cc1OCOCC[Si](C)(C)C. The van der Waals surface area contributed by atoms with E-state index < -0.39 is 22.1 Å². The van der Waals surface area contributed by atoms with Crippen LogP contribution in [0.25, 0.3) is 6.08 Å². The Kier molecular flexibility index (Phi) is 11.0. The number of carboxylic acid groups (broad SMARTS) is 1. The van der Waals surface area contributed by atoms with Gasteiger partial charge in [-0.05, 0) is 35.9 Å². The summed E-state index contributed by atoms with van der Waals surface area (Å²) in [6.07, 6.45) is 1.29. The molecule has 0 amide bonds. The molecule has 7 nitrogen and oxygen atoms in total. The zero-order valence-corrected chi connectivity index (χ0v) is 21.5. The van der Waals surface area contributed by atoms with Crippen molar-refractivity contribution in [3.8, 4) is 17.6 Å². The lowest BCUT2D eigenvalue weighted by atomic mass is 10.1. The number of hydrogen-bond acceptors (Lipinski definition) is 6. The molecule has 0 aliphatic rings. The van der Waals surface area contributed by atoms with Crippen molar-refractivity contribution in [2.24, 2.45) is 0 Å². The highest BCUT2D eigenvalue weighted by molar-refractivity contribution is 6.76. The van der Waals surface area contributed by atoms with E-state index in [1.807, 2.05) is 0 Å². The number of aliphatic carboxylic acids is 1. The molecule has 1 N–H and O–H groups in total. The van der Waals surface area contributed by atoms with Crippen molar-refractivity contribution >= 4 is 28.2 Å². The number of hydrogen-bond donors (Lipinski definition) is 1. The van der Waals surface area contributed by atoms with Gasteiger partial charge < -0.3 is 24.1 Å². The molecule has 172 valence electrons. The van der Waals surface area contributed by atoms with Gasteiger partial charge in [0.05, 0.1) is 0 Å². The zero-order chi connectivity index (χ0) is 23.5. The molecule has 9 heteroatoms. The van der Waals surface area contributed by atoms with Gasteiger partial charge in [0.25, 0.3) is 0 Å². The van der Waals surface area contributed by atoms with E-state index in [0.29, 0.717) is 30.3 Å². The average Bonchev–Trinajstić information content (AvgIpc) is 2.64. The Labute approximate surface area is 187 Å². The first kappa shape index (κ1) is 26.9. The van der Waals surface area contributed by atoms with Gasteiger partial charge in [0, 0.05) is 29.4 Å². The van der Waals surface area contributed by atoms with Crippen molar-refractivity contribution in [2.75, 3.05) is 26.8 Å². The van der Waals surface area contributed by atoms with E-state index in [-0.39, 0.29) is 19.2 Å². The fourth-order valence-corrected chi connectivity index (χ4v) is 3.75. The molecule has 0 saturated heterocycles. The van der Waals surface area contributed by atoms with E-state index in [9.17, 15) is 4.79 Å². The molecule has 1 aromatic rings. The van der Waals surface area contributed by atoms with Crippen LogP contribution in [0.15, 0.2) is 23.8 Å². The van der Waals surface area contributed by atoms with E-state index in [1.165, 1.54) is 6.08 Å². The molecule has 0 heterocycles. The first-order valence-electron chi connectivity index (χ1n) is 10.3. The Hall–Kier alpha value is -2.13. The first-order chi connectivity index (χ1) is 14.4. The van der Waals surface area contributed by atoms with Crippen LogP contribution in [0.5, 0.6) is 11.5 Å². The molecule has 1 rings (SSSR count). The van der Waals surface area contributed by atoms with E-state index in [1.54, 1.807) is 24.3 Å². The van der Waals surface area contributed by atoms with Crippen LogP contribution in [0.4, 0.5) is 0 Å². The predicted octanol–water partition coefficient (Wildman–Crippen LogP) is 5.06. The molecule has 0 aliphatic heterocycles. The maximum absolute atomic E-state index is 11.1. The molecule has 0 unspecified atom stereocenters. The monoisotopic (exact) mass is 465 g/mol. The average molecular weight is 466 g/mol. The van der Waals surface area contributed by atoms with Gasteiger partial charge in [0.2, 0.25) is 0 Å². The second-order valence-electron chi connectivity index (χ2n) is 9.64. The lowest BCUT2D eigenvalue weighted by molar-refractivity contribution is -0.132. The predicted molar refractivity (Wildman–Crippen MR) is 127 cm³/mol. The van der Waals surface area contributed by atoms with Crippen LogP contribution in [-0.4, -0.2) is 54.0 Å². The molecule has 1 aromatic carbocycles. The summed E-state index contributed by atoms with van der Waals surface area (Å²) < 4.78 is 22.6. The molecule has 0 radical (unpaired) electrons. The largest absolute Gasteiger partial charge is 0.477 e. The number of nitriles is 1. The first-order valence-corrected chi connectivity index (χ1v) is 17.7. The van der Waals surface area contributed by atoms with Crippen LogP contribution in [0.2, 0.25) is 51.4 Å². The third-order valence-corrected chi connectivity index (χ3v) is 7.63. The van der Waals surface area contributed by atoms with Crippen LogP contribution in [0, 0.1) is 11.3 Å². The molecule has 31 heavy (non-hydrogen) atoms. The van der Waals surface area contributed by atoms with E-state index in [4.69, 9.17) is 29.3 Å². The van der Waals surface area contributed by atoms with Crippen molar-refractivity contribution in [1.82, 2.24) is 0 Å². The summed E-state index contributed by atoms with van der Waals surface area (Å²) in [5.41, 5.74) is 0.156. The van der Waals surface area contributed by atoms with Gasteiger partial charge in [-0.3, -0.25) is 0 Å². The van der Waals surface area contributed by atoms with Gasteiger partial charge in [-0.1, -0.05) is 45.3 Å². The van der Waals surface area contributed by atoms with Crippen molar-refractivity contribution in [3.63, 3.8) is 0 Å². The minimum atomic E-state index is -1.28. The number of nitrogens with zero attached hydrogens (tertiary/aromatic N) is 1. The molecule has 0 aromatic heterocycles. The lowest BCUT2D eigenvalue weighted by Gasteiger charge is -2.17. The number of ether oxygens (including phenoxy) is 4. The second-order valence-corrected chi connectivity index (χ2v) is 20.9. The van der Waals surface area contributed by atoms with Crippen molar-refractivity contribution in [3.05, 3.63) is 29.3 Å². The van der Waals surface area contributed by atoms with Crippen LogP contribution in [0.1, 0.15) is 5.56 Å². The molecular weight excluding hydrogens is 430 g/mol. The molecule has 0 fully saturated rings. The van der Waals surface area contributed by atoms with Gasteiger partial charge >= 0.3 is 5.97 Å². The van der Waals surface area contributed by atoms with E-state index in [0.717, 1.165) is 12.1 Å². The zero-order valence-electron chi connectivity index (χ0n) is 19.5. The maximum Gasteiger partial charge on any atom is 0.346 e. The molecule has 0 bridgehead atoms. The topological polar surface area (TPSA) is 98.0 Å². The molecule has 0 atom stereocenters. The number of benzene rings is 1. The van der Waals surface area contributed by atoms with Gasteiger partial charge in [-0.2, -0.15) is 5.26 Å². The third kappa shape index (κ3) is 12.3. The van der Waals surface area contributed by atoms with E-state index >= 15 is 0 Å². The highest BCUT2D eigenvalue weighted by Gasteiger charge is 2.14. The van der Waals surface area contributed by atoms with Crippen LogP contribution in [0.3, 0.4) is 0 Å². The Bertz CT molecular complexity index is 791. The van der Waals surface area contributed by atoms with Crippen molar-refractivity contribution in [2.45, 2.75) is 51.4 Å². The number of rotatable bonds is 14. The van der Waals surface area contributed by atoms with Gasteiger partial charge in [-0.15, -0.1) is 0 Å². The maximum atomic E-state index is 11.1. The smallest absolute Gasteiger partial charge is 0.346 e. The Morgan fingerprint density at radius 2 is 1.48 bits per heavy atom. The van der Waals surface area contributed by atoms with Gasteiger partial charge in [0.1, 0.15) is 11.6 Å². The van der Waals surface area contributed by atoms with Gasteiger partial charge in [-0.25, -0.2) is 4.79 Å². The highest BCUT2D eigenvalue weighted by atomic mass is 28.3. The summed E-state index contributed by atoms with van der Waals surface area (Å²) in [4.78, 5) is 11.1. The molecular formula is C22H35NO6Si2. The minimum Gasteiger partial charge on any atom is -0.477 e. The highest BCUT2D eigenvalue weighted by Crippen LogP contribution is 2.29. The Morgan fingerprint density at radius 1 is 0.968 bits per heavy atom. The molecule has 0 aliphatic carbocycles. The third-order valence-electron chi connectivity index (χ3n) is 4.22. The minimum absolute atomic E-state index is 0.0501. The standard InChI is InChI=1S/C22H35NO6Si2/c1-30(2,3)11-9-26-16-28-20-8-7-18(13-19(15-23)22(24)25)14-21(20)29-17-27-10-12-31(4,5)6/h7-8,13-14H,9-12,16-17H2,1-6H3,(H,24,25). The fraction of sp³-hybridized carbons (Fsp3) is 0.545. The van der Waals surface area contributed by atoms with Crippen LogP contribution >= 0.6 is 0 Å². The summed E-state index contributed by atoms with van der Waals surface area (Å²) >= 11 is 0. The quantitative estimate of drug-likeness (QED) is 0.135. The van der Waals surface area contributed by atoms with Crippen molar-refractivity contribution < 1.29 is 28.8 Å². The fourth-order valence-electron chi connectivity index (χ4n) is 2.24. The number of carboxylic acids is 1. The Balaban J connectivity index is 2.81. The molecule has 0 spiro atoms. The summed E-state index contributed by atoms with van der Waals surface area (Å²) in [6, 6.07) is 8.69. The second kappa shape index (κ2) is 12.7. The molecule has 0 saturated carbocycles. The van der Waals surface area contributed by atoms with Gasteiger partial charge in [0.15, 0.2) is 25.1 Å². The van der Waals surface area contributed by atoms with Crippen LogP contribution in [-0.2, 0) is 14.3 Å².